The van der Waals surface area contributed by atoms with Crippen LogP contribution in [0.4, 0.5) is 27.7 Å². The van der Waals surface area contributed by atoms with E-state index in [1.165, 1.54) is 55.1 Å². The number of carbonyl (C=O) groups is 8. The van der Waals surface area contributed by atoms with Gasteiger partial charge in [0.2, 0.25) is 0 Å². The lowest BCUT2D eigenvalue weighted by atomic mass is 9.97. The molecule has 7 heterocycles. The Morgan fingerprint density at radius 1 is 0.320 bits per heavy atom. The third-order valence-corrected chi connectivity index (χ3v) is 21.5. The number of carbonyl (C=O) groups excluding carboxylic acids is 8. The number of amides is 4. The normalized spacial score (nSPS) is 12.2. The molecule has 3 aliphatic rings. The van der Waals surface area contributed by atoms with Gasteiger partial charge < -0.3 is 36.0 Å². The van der Waals surface area contributed by atoms with Crippen molar-refractivity contribution in [3.8, 4) is 0 Å². The van der Waals surface area contributed by atoms with Crippen molar-refractivity contribution in [2.24, 2.45) is 4.99 Å². The van der Waals surface area contributed by atoms with E-state index < -0.39 is 35.2 Å². The monoisotopic (exact) mass is 1830 g/mol. The molecule has 0 unspecified atom stereocenters. The number of ketones is 4. The molecule has 125 heavy (non-hydrogen) atoms. The number of nitrogens with zero attached hydrogens (tertiary/aromatic N) is 8. The standard InChI is InChI=1S/C24H20Cl2N4O2.C23H17Cl2FN4O2.C23H18Cl2N4O2.C23H19Cl2N3O2/c25-18-7-6-17(20(13-18)24(32)29-22-9-8-19(26)14-28-22)12-21(31)15-2-4-16(5-3-15)23(27)30-10-1-11-30;24-15-3-1-13(18(11-15)23(32)29-21-6-4-16(25)12-28-21)10-20(31)17-5-2-14(9-19(17)26)22(27)30-7-8-30;24-17-6-5-16(19(12-17)23(31)28-21-8-7-18(25)13-27-21)11-20(30)14-1-3-15(4-2-14)22(26)29-9-10-29;1-14(26-2)15-3-5-16(6-4-15)21(29)11-17-7-8-18(24)12-20(17)23(30)28-22-10-9-19(25)13-27-22/h2-9,13-14,27H,1,10-12H2,(H,28,29,32);1-6,9,11-12,27H,7-8,10H2,(H,28,29,32);1-8,12-13,26H,9-11H2,(H,27,28,31);3-10,12-13H,11H2,1-2H3,(H,27,28,30). The van der Waals surface area contributed by atoms with Crippen LogP contribution in [0, 0.1) is 22.0 Å². The number of likely N-dealkylation sites (tertiary alicyclic amines) is 1. The number of rotatable bonds is 24. The van der Waals surface area contributed by atoms with Gasteiger partial charge in [0.1, 0.15) is 46.6 Å². The van der Waals surface area contributed by atoms with Crippen LogP contribution in [0.1, 0.15) is 141 Å². The number of hydrogen-bond acceptors (Lipinski definition) is 16. The van der Waals surface area contributed by atoms with Gasteiger partial charge in [0.15, 0.2) is 23.1 Å². The fourth-order valence-corrected chi connectivity index (χ4v) is 13.6. The number of aliphatic imine (C=N–C) groups is 1. The van der Waals surface area contributed by atoms with Gasteiger partial charge in [-0.3, -0.25) is 59.6 Å². The van der Waals surface area contributed by atoms with Crippen molar-refractivity contribution >= 4 is 186 Å². The van der Waals surface area contributed by atoms with Crippen LogP contribution >= 0.6 is 92.8 Å². The fraction of sp³-hybridized carbons (Fsp3) is 0.140. The average Bonchev–Trinajstić information content (AvgIpc) is 1.77. The summed E-state index contributed by atoms with van der Waals surface area (Å²) in [6.45, 7) is 7.03. The molecule has 0 bridgehead atoms. The molecule has 15 rings (SSSR count). The molecule has 0 saturated carbocycles. The largest absolute Gasteiger partial charge is 0.356 e. The first kappa shape index (κ1) is 91.5. The molecule has 32 heteroatoms. The summed E-state index contributed by atoms with van der Waals surface area (Å²) in [5.74, 6) is -0.806. The van der Waals surface area contributed by atoms with Crippen molar-refractivity contribution < 1.29 is 42.7 Å². The van der Waals surface area contributed by atoms with Gasteiger partial charge in [-0.2, -0.15) is 0 Å². The van der Waals surface area contributed by atoms with Gasteiger partial charge in [-0.25, -0.2) is 24.3 Å². The third-order valence-electron chi connectivity index (χ3n) is 19.7. The summed E-state index contributed by atoms with van der Waals surface area (Å²) in [4.78, 5) is 129. The number of aromatic nitrogens is 4. The third kappa shape index (κ3) is 25.5. The van der Waals surface area contributed by atoms with E-state index in [4.69, 9.17) is 109 Å². The van der Waals surface area contributed by atoms with Crippen LogP contribution in [0.15, 0.2) is 242 Å². The summed E-state index contributed by atoms with van der Waals surface area (Å²) >= 11 is 47.6. The Bertz CT molecular complexity index is 6160. The van der Waals surface area contributed by atoms with E-state index in [-0.39, 0.29) is 65.8 Å². The summed E-state index contributed by atoms with van der Waals surface area (Å²) in [5, 5.41) is 38.3. The van der Waals surface area contributed by atoms with Crippen molar-refractivity contribution in [1.82, 2.24) is 34.6 Å². The van der Waals surface area contributed by atoms with Gasteiger partial charge in [-0.05, 0) is 150 Å². The number of nitrogens with one attached hydrogen (secondary N) is 7. The number of hydrogen-bond donors (Lipinski definition) is 7. The molecule has 3 aliphatic heterocycles. The van der Waals surface area contributed by atoms with Crippen molar-refractivity contribution in [3.05, 3.63) is 372 Å². The second-order valence-electron chi connectivity index (χ2n) is 28.5. The number of benzene rings is 8. The predicted molar refractivity (Wildman–Crippen MR) is 490 cm³/mol. The number of halogens is 9. The molecule has 7 N–H and O–H groups in total. The van der Waals surface area contributed by atoms with Gasteiger partial charge in [-0.1, -0.05) is 196 Å². The lowest BCUT2D eigenvalue weighted by Crippen LogP contribution is -2.42. The van der Waals surface area contributed by atoms with E-state index in [9.17, 15) is 42.7 Å². The van der Waals surface area contributed by atoms with Crippen LogP contribution in [0.3, 0.4) is 0 Å². The molecule has 4 amide bonds. The summed E-state index contributed by atoms with van der Waals surface area (Å²) in [5.41, 5.74) is 8.50. The van der Waals surface area contributed by atoms with E-state index in [1.54, 1.807) is 182 Å². The highest BCUT2D eigenvalue weighted by atomic mass is 35.5. The molecule has 0 radical (unpaired) electrons. The van der Waals surface area contributed by atoms with Crippen molar-refractivity contribution in [3.63, 3.8) is 0 Å². The van der Waals surface area contributed by atoms with Crippen LogP contribution in [0.25, 0.3) is 0 Å². The second kappa shape index (κ2) is 42.6. The van der Waals surface area contributed by atoms with E-state index in [0.29, 0.717) is 131 Å². The first-order chi connectivity index (χ1) is 60.0. The van der Waals surface area contributed by atoms with Crippen LogP contribution in [-0.2, 0) is 25.7 Å². The number of pyridine rings is 4. The molecule has 632 valence electrons. The molecule has 4 aromatic heterocycles. The number of Topliss-reactive ketones (excluding diaryl/α,β-unsaturated/α-hetero) is 4. The first-order valence-corrected chi connectivity index (χ1v) is 41.6. The lowest BCUT2D eigenvalue weighted by Gasteiger charge is -2.33. The molecule has 12 aromatic rings. The maximum atomic E-state index is 14.6. The van der Waals surface area contributed by atoms with E-state index in [1.807, 2.05) is 28.9 Å². The minimum atomic E-state index is -0.704. The molecule has 0 spiro atoms. The van der Waals surface area contributed by atoms with E-state index in [0.717, 1.165) is 68.1 Å². The lowest BCUT2D eigenvalue weighted by molar-refractivity contribution is 0.0977. The zero-order chi connectivity index (χ0) is 89.1. The Morgan fingerprint density at radius 3 is 0.832 bits per heavy atom. The Morgan fingerprint density at radius 2 is 0.576 bits per heavy atom. The average molecular weight is 1830 g/mol. The summed E-state index contributed by atoms with van der Waals surface area (Å²) < 4.78 is 14.6. The topological polar surface area (TPSA) is 329 Å². The van der Waals surface area contributed by atoms with Gasteiger partial charge in [0, 0.05) is 178 Å². The van der Waals surface area contributed by atoms with Crippen LogP contribution < -0.4 is 21.3 Å². The van der Waals surface area contributed by atoms with Crippen LogP contribution in [-0.4, -0.2) is 151 Å². The van der Waals surface area contributed by atoms with Crippen molar-refractivity contribution in [2.45, 2.75) is 39.0 Å². The molecular formula is C93H74Cl8FN15O8. The minimum Gasteiger partial charge on any atom is -0.356 e. The summed E-state index contributed by atoms with van der Waals surface area (Å²) in [6.07, 6.45) is 6.74. The number of anilines is 4. The predicted octanol–water partition coefficient (Wildman–Crippen LogP) is 20.2. The Hall–Kier alpha value is -12.8. The maximum absolute atomic E-state index is 14.6. The van der Waals surface area contributed by atoms with Crippen molar-refractivity contribution in [1.29, 1.82) is 16.2 Å². The molecule has 3 fully saturated rings. The van der Waals surface area contributed by atoms with Gasteiger partial charge in [0.25, 0.3) is 23.6 Å². The number of amidine groups is 3. The highest BCUT2D eigenvalue weighted by Gasteiger charge is 2.28. The van der Waals surface area contributed by atoms with Crippen LogP contribution in [0.5, 0.6) is 0 Å². The molecular weight excluding hydrogens is 1760 g/mol. The molecule has 0 atom stereocenters. The minimum absolute atomic E-state index is 0.0386. The quantitative estimate of drug-likeness (QED) is 0.0128. The van der Waals surface area contributed by atoms with Gasteiger partial charge in [-0.15, -0.1) is 0 Å². The summed E-state index contributed by atoms with van der Waals surface area (Å²) in [6, 6.07) is 57.3. The van der Waals surface area contributed by atoms with Gasteiger partial charge >= 0.3 is 0 Å². The summed E-state index contributed by atoms with van der Waals surface area (Å²) in [7, 11) is 1.72. The van der Waals surface area contributed by atoms with Gasteiger partial charge in [0.05, 0.1) is 25.7 Å². The zero-order valence-electron chi connectivity index (χ0n) is 66.5. The van der Waals surface area contributed by atoms with E-state index in [2.05, 4.69) is 46.2 Å². The highest BCUT2D eigenvalue weighted by Crippen LogP contribution is 2.29. The SMILES string of the molecule is CN=C(C)c1ccc(C(=O)Cc2ccc(Cl)cc2C(=O)Nc2ccc(Cl)cn2)cc1.N=C(c1ccc(C(=O)Cc2ccc(Cl)cc2C(=O)Nc2ccc(Cl)cn2)c(F)c1)N1CC1.N=C(c1ccc(C(=O)Cc2ccc(Cl)cc2C(=O)Nc2ccc(Cl)cn2)cc1)N1CC1.N=C(c1ccc(C(=O)Cc2ccc(Cl)cc2C(=O)Nc2ccc(Cl)cn2)cc1)N1CCC1. The second-order valence-corrected chi connectivity index (χ2v) is 32.0. The fourth-order valence-electron chi connectivity index (χ4n) is 12.5. The Kier molecular flexibility index (Phi) is 31.1. The van der Waals surface area contributed by atoms with Crippen LogP contribution in [0.2, 0.25) is 40.2 Å². The molecule has 0 aliphatic carbocycles. The first-order valence-electron chi connectivity index (χ1n) is 38.5. The molecule has 3 saturated heterocycles. The molecule has 23 nitrogen and oxygen atoms in total. The molecule has 8 aromatic carbocycles. The Labute approximate surface area is 757 Å². The van der Waals surface area contributed by atoms with Crippen molar-refractivity contribution in [2.75, 3.05) is 67.6 Å². The van der Waals surface area contributed by atoms with E-state index >= 15 is 0 Å². The highest BCUT2D eigenvalue weighted by molar-refractivity contribution is 6.34. The Balaban J connectivity index is 0.000000152. The smallest absolute Gasteiger partial charge is 0.257 e. The maximum Gasteiger partial charge on any atom is 0.257 e. The zero-order valence-corrected chi connectivity index (χ0v) is 72.6.